The molecule has 0 aromatic heterocycles. The van der Waals surface area contributed by atoms with Crippen LogP contribution in [0.4, 0.5) is 4.79 Å². The largest absolute Gasteiger partial charge is 0.480 e. The van der Waals surface area contributed by atoms with Gasteiger partial charge in [-0.2, -0.15) is 0 Å². The van der Waals surface area contributed by atoms with Gasteiger partial charge in [0.2, 0.25) is 5.91 Å². The summed E-state index contributed by atoms with van der Waals surface area (Å²) in [7, 11) is 0. The van der Waals surface area contributed by atoms with Gasteiger partial charge in [-0.25, -0.2) is 9.59 Å². The lowest BCUT2D eigenvalue weighted by Crippen LogP contribution is -2.48. The van der Waals surface area contributed by atoms with Gasteiger partial charge < -0.3 is 20.5 Å². The molecule has 7 heteroatoms. The standard InChI is InChI=1S/C26H30N2O5/c1-2-22(25(30)31)27-24(29)14-23(16-8-7-9-16)28-26(32)33-15-21-19-12-5-3-10-17(19)18-11-4-6-13-20(18)21/h3-6,10-13,16,21-23H,2,7-9,14-15H2,1H3,(H,27,29)(H,28,32)(H,30,31)/t22-,23?/m0/s1. The third-order valence-electron chi connectivity index (χ3n) is 6.81. The SMILES string of the molecule is CC[C@H](NC(=O)CC(NC(=O)OCC1c2ccccc2-c2ccccc21)C1CCC1)C(=O)O. The van der Waals surface area contributed by atoms with Crippen molar-refractivity contribution in [2.24, 2.45) is 5.92 Å². The Morgan fingerprint density at radius 1 is 1.00 bits per heavy atom. The monoisotopic (exact) mass is 450 g/mol. The third kappa shape index (κ3) is 5.02. The van der Waals surface area contributed by atoms with Crippen molar-refractivity contribution in [3.8, 4) is 11.1 Å². The summed E-state index contributed by atoms with van der Waals surface area (Å²) >= 11 is 0. The van der Waals surface area contributed by atoms with E-state index in [0.717, 1.165) is 41.5 Å². The zero-order valence-corrected chi connectivity index (χ0v) is 18.8. The number of alkyl carbamates (subject to hydrolysis) is 1. The first kappa shape index (κ1) is 22.8. The zero-order valence-electron chi connectivity index (χ0n) is 18.8. The van der Waals surface area contributed by atoms with E-state index in [1.807, 2.05) is 24.3 Å². The molecule has 2 amide bonds. The molecule has 2 aromatic rings. The maximum absolute atomic E-state index is 12.7. The average molecular weight is 451 g/mol. The van der Waals surface area contributed by atoms with Gasteiger partial charge in [-0.3, -0.25) is 4.79 Å². The second kappa shape index (κ2) is 10.1. The molecule has 1 fully saturated rings. The molecule has 3 N–H and O–H groups in total. The van der Waals surface area contributed by atoms with Gasteiger partial charge in [0.1, 0.15) is 12.6 Å². The molecule has 7 nitrogen and oxygen atoms in total. The molecule has 2 atom stereocenters. The van der Waals surface area contributed by atoms with Gasteiger partial charge in [-0.15, -0.1) is 0 Å². The average Bonchev–Trinajstić information content (AvgIpc) is 3.08. The van der Waals surface area contributed by atoms with E-state index in [1.54, 1.807) is 6.92 Å². The number of rotatable bonds is 9. The number of nitrogens with one attached hydrogen (secondary N) is 2. The fourth-order valence-electron chi connectivity index (χ4n) is 4.76. The summed E-state index contributed by atoms with van der Waals surface area (Å²) in [5, 5.41) is 14.6. The number of hydrogen-bond acceptors (Lipinski definition) is 4. The summed E-state index contributed by atoms with van der Waals surface area (Å²) in [5.41, 5.74) is 4.60. The Morgan fingerprint density at radius 2 is 1.61 bits per heavy atom. The molecule has 0 bridgehead atoms. The lowest BCUT2D eigenvalue weighted by molar-refractivity contribution is -0.142. The van der Waals surface area contributed by atoms with Crippen LogP contribution in [0, 0.1) is 5.92 Å². The second-order valence-corrected chi connectivity index (χ2v) is 8.84. The summed E-state index contributed by atoms with van der Waals surface area (Å²) in [6.45, 7) is 1.91. The number of carboxylic acid groups (broad SMARTS) is 1. The quantitative estimate of drug-likeness (QED) is 0.534. The van der Waals surface area contributed by atoms with E-state index < -0.39 is 18.1 Å². The van der Waals surface area contributed by atoms with Crippen molar-refractivity contribution in [3.05, 3.63) is 59.7 Å². The molecule has 0 saturated heterocycles. The van der Waals surface area contributed by atoms with Crippen molar-refractivity contribution in [1.82, 2.24) is 10.6 Å². The highest BCUT2D eigenvalue weighted by molar-refractivity contribution is 5.84. The number of aliphatic carboxylic acids is 1. The van der Waals surface area contributed by atoms with Gasteiger partial charge in [0, 0.05) is 18.4 Å². The molecule has 2 aromatic carbocycles. The Kier molecular flexibility index (Phi) is 6.96. The summed E-state index contributed by atoms with van der Waals surface area (Å²) < 4.78 is 5.64. The third-order valence-corrected chi connectivity index (χ3v) is 6.81. The van der Waals surface area contributed by atoms with E-state index in [4.69, 9.17) is 4.74 Å². The van der Waals surface area contributed by atoms with Gasteiger partial charge in [0.15, 0.2) is 0 Å². The normalized spacial score (nSPS) is 16.6. The topological polar surface area (TPSA) is 105 Å². The van der Waals surface area contributed by atoms with Crippen molar-refractivity contribution < 1.29 is 24.2 Å². The van der Waals surface area contributed by atoms with E-state index in [-0.39, 0.29) is 36.8 Å². The van der Waals surface area contributed by atoms with E-state index in [1.165, 1.54) is 0 Å². The molecule has 0 radical (unpaired) electrons. The number of ether oxygens (including phenoxy) is 1. The molecule has 1 saturated carbocycles. The van der Waals surface area contributed by atoms with Gasteiger partial charge in [0.25, 0.3) is 0 Å². The number of benzene rings is 2. The van der Waals surface area contributed by atoms with Crippen LogP contribution in [0.3, 0.4) is 0 Å². The van der Waals surface area contributed by atoms with Crippen LogP contribution < -0.4 is 10.6 Å². The smallest absolute Gasteiger partial charge is 0.407 e. The summed E-state index contributed by atoms with van der Waals surface area (Å²) in [6, 6.07) is 15.0. The zero-order chi connectivity index (χ0) is 23.4. The molecule has 174 valence electrons. The van der Waals surface area contributed by atoms with Gasteiger partial charge in [-0.05, 0) is 47.4 Å². The van der Waals surface area contributed by atoms with Crippen LogP contribution in [0.25, 0.3) is 11.1 Å². The van der Waals surface area contributed by atoms with Crippen LogP contribution in [0.1, 0.15) is 56.1 Å². The van der Waals surface area contributed by atoms with Gasteiger partial charge in [-0.1, -0.05) is 61.9 Å². The molecular formula is C26H30N2O5. The number of carboxylic acids is 1. The van der Waals surface area contributed by atoms with Crippen LogP contribution in [-0.2, 0) is 14.3 Å². The fourth-order valence-corrected chi connectivity index (χ4v) is 4.76. The number of carbonyl (C=O) groups excluding carboxylic acids is 2. The first-order chi connectivity index (χ1) is 16.0. The summed E-state index contributed by atoms with van der Waals surface area (Å²) in [5.74, 6) is -1.27. The highest BCUT2D eigenvalue weighted by Gasteiger charge is 2.33. The molecule has 2 aliphatic carbocycles. The van der Waals surface area contributed by atoms with Crippen molar-refractivity contribution in [1.29, 1.82) is 0 Å². The minimum atomic E-state index is -1.06. The maximum atomic E-state index is 12.7. The molecule has 4 rings (SSSR count). The van der Waals surface area contributed by atoms with Crippen molar-refractivity contribution in [3.63, 3.8) is 0 Å². The van der Waals surface area contributed by atoms with E-state index in [0.29, 0.717) is 6.42 Å². The first-order valence-corrected chi connectivity index (χ1v) is 11.6. The molecule has 0 spiro atoms. The number of amides is 2. The number of fused-ring (bicyclic) bond motifs is 3. The van der Waals surface area contributed by atoms with Crippen molar-refractivity contribution in [2.75, 3.05) is 6.61 Å². The number of carbonyl (C=O) groups is 3. The Hall–Kier alpha value is -3.35. The minimum absolute atomic E-state index is 0.0329. The van der Waals surface area contributed by atoms with Gasteiger partial charge in [0.05, 0.1) is 0 Å². The summed E-state index contributed by atoms with van der Waals surface area (Å²) in [6.07, 6.45) is 2.71. The van der Waals surface area contributed by atoms with Crippen molar-refractivity contribution >= 4 is 18.0 Å². The number of hydrogen-bond donors (Lipinski definition) is 3. The van der Waals surface area contributed by atoms with E-state index in [9.17, 15) is 19.5 Å². The van der Waals surface area contributed by atoms with E-state index in [2.05, 4.69) is 34.9 Å². The molecule has 0 heterocycles. The Morgan fingerprint density at radius 3 is 2.12 bits per heavy atom. The molecule has 33 heavy (non-hydrogen) atoms. The predicted octanol–water partition coefficient (Wildman–Crippen LogP) is 4.06. The lowest BCUT2D eigenvalue weighted by atomic mass is 9.78. The molecule has 1 unspecified atom stereocenters. The maximum Gasteiger partial charge on any atom is 0.407 e. The molecule has 0 aliphatic heterocycles. The molecule has 2 aliphatic rings. The summed E-state index contributed by atoms with van der Waals surface area (Å²) in [4.78, 5) is 36.3. The minimum Gasteiger partial charge on any atom is -0.480 e. The second-order valence-electron chi connectivity index (χ2n) is 8.84. The van der Waals surface area contributed by atoms with E-state index >= 15 is 0 Å². The Bertz CT molecular complexity index is 987. The van der Waals surface area contributed by atoms with Crippen LogP contribution in [0.2, 0.25) is 0 Å². The van der Waals surface area contributed by atoms with Crippen LogP contribution in [0.5, 0.6) is 0 Å². The van der Waals surface area contributed by atoms with Crippen LogP contribution in [-0.4, -0.2) is 41.8 Å². The highest BCUT2D eigenvalue weighted by atomic mass is 16.5. The fraction of sp³-hybridized carbons (Fsp3) is 0.423. The van der Waals surface area contributed by atoms with Crippen LogP contribution >= 0.6 is 0 Å². The Labute approximate surface area is 193 Å². The molecular weight excluding hydrogens is 420 g/mol. The van der Waals surface area contributed by atoms with Gasteiger partial charge >= 0.3 is 12.1 Å². The lowest BCUT2D eigenvalue weighted by Gasteiger charge is -2.34. The highest BCUT2D eigenvalue weighted by Crippen LogP contribution is 2.44. The predicted molar refractivity (Wildman–Crippen MR) is 124 cm³/mol. The van der Waals surface area contributed by atoms with Crippen molar-refractivity contribution in [2.45, 2.75) is 57.0 Å². The Balaban J connectivity index is 1.37. The first-order valence-electron chi connectivity index (χ1n) is 11.6. The van der Waals surface area contributed by atoms with Crippen LogP contribution in [0.15, 0.2) is 48.5 Å².